The molecule has 1 aromatic heterocycles. The summed E-state index contributed by atoms with van der Waals surface area (Å²) in [6.07, 6.45) is 0.543. The number of thiazole rings is 1. The van der Waals surface area contributed by atoms with Gasteiger partial charge >= 0.3 is 5.97 Å². The van der Waals surface area contributed by atoms with Gasteiger partial charge in [-0.25, -0.2) is 4.98 Å². The van der Waals surface area contributed by atoms with Crippen LogP contribution in [0.15, 0.2) is 53.9 Å². The van der Waals surface area contributed by atoms with Gasteiger partial charge in [-0.05, 0) is 30.7 Å². The number of carboxylic acids is 1. The van der Waals surface area contributed by atoms with Crippen molar-refractivity contribution in [2.75, 3.05) is 0 Å². The molecule has 1 atom stereocenters. The molecule has 0 amide bonds. The zero-order chi connectivity index (χ0) is 18.5. The molecule has 0 aliphatic heterocycles. The first-order valence-corrected chi connectivity index (χ1v) is 9.41. The van der Waals surface area contributed by atoms with Crippen molar-refractivity contribution in [1.82, 2.24) is 4.98 Å². The maximum atomic E-state index is 11.1. The van der Waals surface area contributed by atoms with E-state index in [-0.39, 0.29) is 0 Å². The van der Waals surface area contributed by atoms with Gasteiger partial charge in [0.15, 0.2) is 0 Å². The van der Waals surface area contributed by atoms with Crippen molar-refractivity contribution in [3.63, 3.8) is 0 Å². The van der Waals surface area contributed by atoms with E-state index >= 15 is 0 Å². The first-order chi connectivity index (χ1) is 12.5. The Morgan fingerprint density at radius 3 is 2.77 bits per heavy atom. The molecule has 3 rings (SSSR count). The first-order valence-electron chi connectivity index (χ1n) is 8.15. The van der Waals surface area contributed by atoms with Crippen LogP contribution in [0.4, 0.5) is 0 Å². The van der Waals surface area contributed by atoms with Crippen LogP contribution < -0.4 is 4.74 Å². The van der Waals surface area contributed by atoms with Crippen molar-refractivity contribution in [1.29, 1.82) is 0 Å². The Morgan fingerprint density at radius 1 is 1.27 bits per heavy atom. The van der Waals surface area contributed by atoms with E-state index in [9.17, 15) is 4.79 Å². The molecule has 0 saturated carbocycles. The van der Waals surface area contributed by atoms with Crippen LogP contribution >= 0.6 is 22.9 Å². The Labute approximate surface area is 161 Å². The third kappa shape index (κ3) is 4.62. The molecular weight excluding hydrogens is 370 g/mol. The number of carboxylic acid groups (broad SMARTS) is 1. The van der Waals surface area contributed by atoms with E-state index < -0.39 is 11.9 Å². The molecule has 0 bridgehead atoms. The second-order valence-corrected chi connectivity index (χ2v) is 7.31. The standard InChI is InChI=1S/C20H18ClNO3S/c1-13(20(23)24)17-12-26-19(22-17)10-15-9-16(21)7-8-18(15)25-11-14-5-3-2-4-6-14/h2-9,12-13H,10-11H2,1H3,(H,23,24). The molecule has 1 heterocycles. The monoisotopic (exact) mass is 387 g/mol. The second-order valence-electron chi connectivity index (χ2n) is 5.93. The normalized spacial score (nSPS) is 11.9. The predicted octanol–water partition coefficient (Wildman–Crippen LogP) is 5.15. The largest absolute Gasteiger partial charge is 0.489 e. The highest BCUT2D eigenvalue weighted by molar-refractivity contribution is 7.09. The molecule has 0 aliphatic rings. The Morgan fingerprint density at radius 2 is 2.04 bits per heavy atom. The molecular formula is C20H18ClNO3S. The molecule has 2 aromatic carbocycles. The van der Waals surface area contributed by atoms with Crippen LogP contribution in [0.2, 0.25) is 5.02 Å². The maximum absolute atomic E-state index is 11.1. The van der Waals surface area contributed by atoms with Crippen molar-refractivity contribution in [3.05, 3.63) is 80.8 Å². The number of benzene rings is 2. The van der Waals surface area contributed by atoms with E-state index in [1.165, 1.54) is 11.3 Å². The Hall–Kier alpha value is -2.37. The Balaban J connectivity index is 1.77. The number of nitrogens with zero attached hydrogens (tertiary/aromatic N) is 1. The molecule has 26 heavy (non-hydrogen) atoms. The van der Waals surface area contributed by atoms with E-state index in [2.05, 4.69) is 4.98 Å². The van der Waals surface area contributed by atoms with Gasteiger partial charge in [0, 0.05) is 22.4 Å². The van der Waals surface area contributed by atoms with Gasteiger partial charge < -0.3 is 9.84 Å². The number of carbonyl (C=O) groups is 1. The fourth-order valence-corrected chi connectivity index (χ4v) is 3.56. The average molecular weight is 388 g/mol. The number of aliphatic carboxylic acids is 1. The van der Waals surface area contributed by atoms with Gasteiger partial charge in [0.25, 0.3) is 0 Å². The smallest absolute Gasteiger partial charge is 0.312 e. The van der Waals surface area contributed by atoms with Crippen molar-refractivity contribution in [2.24, 2.45) is 0 Å². The number of hydrogen-bond donors (Lipinski definition) is 1. The number of rotatable bonds is 7. The van der Waals surface area contributed by atoms with Crippen LogP contribution in [0.1, 0.15) is 34.7 Å². The van der Waals surface area contributed by atoms with E-state index in [0.717, 1.165) is 21.9 Å². The molecule has 0 aliphatic carbocycles. The van der Waals surface area contributed by atoms with E-state index in [0.29, 0.717) is 23.7 Å². The fourth-order valence-electron chi connectivity index (χ4n) is 2.46. The molecule has 4 nitrogen and oxygen atoms in total. The highest BCUT2D eigenvalue weighted by Crippen LogP contribution is 2.28. The van der Waals surface area contributed by atoms with Crippen LogP contribution in [-0.4, -0.2) is 16.1 Å². The summed E-state index contributed by atoms with van der Waals surface area (Å²) in [4.78, 5) is 15.6. The van der Waals surface area contributed by atoms with Crippen LogP contribution in [0.25, 0.3) is 0 Å². The molecule has 0 fully saturated rings. The van der Waals surface area contributed by atoms with Crippen LogP contribution in [0, 0.1) is 0 Å². The number of ether oxygens (including phenoxy) is 1. The minimum Gasteiger partial charge on any atom is -0.489 e. The minimum atomic E-state index is -0.878. The lowest BCUT2D eigenvalue weighted by Gasteiger charge is -2.11. The molecule has 6 heteroatoms. The summed E-state index contributed by atoms with van der Waals surface area (Å²) in [6.45, 7) is 2.10. The minimum absolute atomic E-state index is 0.467. The van der Waals surface area contributed by atoms with E-state index in [1.807, 2.05) is 42.5 Å². The van der Waals surface area contributed by atoms with Crippen LogP contribution in [-0.2, 0) is 17.8 Å². The lowest BCUT2D eigenvalue weighted by molar-refractivity contribution is -0.138. The highest BCUT2D eigenvalue weighted by Gasteiger charge is 2.18. The van der Waals surface area contributed by atoms with Gasteiger partial charge in [-0.15, -0.1) is 11.3 Å². The van der Waals surface area contributed by atoms with Crippen LogP contribution in [0.3, 0.4) is 0 Å². The average Bonchev–Trinajstić information content (AvgIpc) is 3.09. The quantitative estimate of drug-likeness (QED) is 0.608. The maximum Gasteiger partial charge on any atom is 0.312 e. The van der Waals surface area contributed by atoms with Crippen molar-refractivity contribution >= 4 is 28.9 Å². The van der Waals surface area contributed by atoms with E-state index in [4.69, 9.17) is 21.4 Å². The van der Waals surface area contributed by atoms with Gasteiger partial charge in [0.1, 0.15) is 12.4 Å². The van der Waals surface area contributed by atoms with E-state index in [1.54, 1.807) is 18.4 Å². The van der Waals surface area contributed by atoms with Crippen molar-refractivity contribution < 1.29 is 14.6 Å². The topological polar surface area (TPSA) is 59.4 Å². The first kappa shape index (κ1) is 18.4. The molecule has 1 unspecified atom stereocenters. The number of hydrogen-bond acceptors (Lipinski definition) is 4. The lowest BCUT2D eigenvalue weighted by atomic mass is 10.1. The zero-order valence-corrected chi connectivity index (χ0v) is 15.8. The summed E-state index contributed by atoms with van der Waals surface area (Å²) in [6, 6.07) is 15.5. The number of halogens is 1. The molecule has 134 valence electrons. The summed E-state index contributed by atoms with van der Waals surface area (Å²) >= 11 is 7.59. The summed E-state index contributed by atoms with van der Waals surface area (Å²) in [5.41, 5.74) is 2.59. The molecule has 0 saturated heterocycles. The molecule has 0 radical (unpaired) electrons. The van der Waals surface area contributed by atoms with Crippen molar-refractivity contribution in [3.8, 4) is 5.75 Å². The lowest BCUT2D eigenvalue weighted by Crippen LogP contribution is -2.07. The Bertz CT molecular complexity index is 895. The highest BCUT2D eigenvalue weighted by atomic mass is 35.5. The van der Waals surface area contributed by atoms with Crippen molar-refractivity contribution in [2.45, 2.75) is 25.9 Å². The SMILES string of the molecule is CC(C(=O)O)c1csc(Cc2cc(Cl)ccc2OCc2ccccc2)n1. The predicted molar refractivity (Wildman–Crippen MR) is 103 cm³/mol. The van der Waals surface area contributed by atoms with Gasteiger partial charge in [-0.2, -0.15) is 0 Å². The zero-order valence-electron chi connectivity index (χ0n) is 14.2. The molecule has 0 spiro atoms. The van der Waals surface area contributed by atoms with Gasteiger partial charge in [0.2, 0.25) is 0 Å². The summed E-state index contributed by atoms with van der Waals surface area (Å²) in [5.74, 6) is -0.745. The Kier molecular flexibility index (Phi) is 5.91. The third-order valence-corrected chi connectivity index (χ3v) is 5.09. The van der Waals surface area contributed by atoms with Crippen LogP contribution in [0.5, 0.6) is 5.75 Å². The molecule has 1 N–H and O–H groups in total. The van der Waals surface area contributed by atoms with Gasteiger partial charge in [0.05, 0.1) is 16.6 Å². The number of aromatic nitrogens is 1. The summed E-state index contributed by atoms with van der Waals surface area (Å²) < 4.78 is 5.97. The third-order valence-electron chi connectivity index (χ3n) is 3.98. The van der Waals surface area contributed by atoms with Gasteiger partial charge in [-0.1, -0.05) is 41.9 Å². The summed E-state index contributed by atoms with van der Waals surface area (Å²) in [5, 5.41) is 12.4. The fraction of sp³-hybridized carbons (Fsp3) is 0.200. The molecule has 3 aromatic rings. The second kappa shape index (κ2) is 8.34. The van der Waals surface area contributed by atoms with Gasteiger partial charge in [-0.3, -0.25) is 4.79 Å². The summed E-state index contributed by atoms with van der Waals surface area (Å²) in [7, 11) is 0.